The third-order valence-electron chi connectivity index (χ3n) is 5.56. The van der Waals surface area contributed by atoms with E-state index in [4.69, 9.17) is 11.6 Å². The summed E-state index contributed by atoms with van der Waals surface area (Å²) in [7, 11) is 0. The van der Waals surface area contributed by atoms with Gasteiger partial charge in [0.05, 0.1) is 6.04 Å². The summed E-state index contributed by atoms with van der Waals surface area (Å²) in [4.78, 5) is 15.2. The fraction of sp³-hybridized carbons (Fsp3) is 0.500. The van der Waals surface area contributed by atoms with E-state index in [-0.39, 0.29) is 11.9 Å². The van der Waals surface area contributed by atoms with Crippen LogP contribution in [0.4, 0.5) is 0 Å². The molecule has 0 bridgehead atoms. The summed E-state index contributed by atoms with van der Waals surface area (Å²) < 4.78 is 0. The Balaban J connectivity index is 1.48. The number of nitrogens with zero attached hydrogens (tertiary/aromatic N) is 2. The molecule has 26 heavy (non-hydrogen) atoms. The van der Waals surface area contributed by atoms with Crippen molar-refractivity contribution < 1.29 is 4.79 Å². The molecule has 6 heteroatoms. The van der Waals surface area contributed by atoms with Crippen molar-refractivity contribution in [2.75, 3.05) is 19.6 Å². The summed E-state index contributed by atoms with van der Waals surface area (Å²) in [6.07, 6.45) is 6.67. The number of H-pyrrole nitrogens is 1. The van der Waals surface area contributed by atoms with Gasteiger partial charge in [0.1, 0.15) is 0 Å². The van der Waals surface area contributed by atoms with Gasteiger partial charge in [-0.05, 0) is 69.3 Å². The number of fused-ring (bicyclic) bond motifs is 1. The zero-order chi connectivity index (χ0) is 17.9. The topological polar surface area (TPSA) is 61.0 Å². The maximum Gasteiger partial charge on any atom is 0.272 e. The van der Waals surface area contributed by atoms with Crippen LogP contribution in [0.2, 0.25) is 5.02 Å². The highest BCUT2D eigenvalue weighted by Gasteiger charge is 2.26. The number of nitrogens with one attached hydrogen (secondary N) is 2. The predicted octanol–water partition coefficient (Wildman–Crippen LogP) is 3.51. The Bertz CT molecular complexity index is 765. The van der Waals surface area contributed by atoms with Gasteiger partial charge in [-0.3, -0.25) is 14.8 Å². The van der Waals surface area contributed by atoms with Gasteiger partial charge in [0.2, 0.25) is 0 Å². The van der Waals surface area contributed by atoms with Crippen LogP contribution < -0.4 is 5.32 Å². The number of aromatic amines is 1. The first kappa shape index (κ1) is 17.6. The van der Waals surface area contributed by atoms with Gasteiger partial charge in [-0.1, -0.05) is 23.7 Å². The fourth-order valence-electron chi connectivity index (χ4n) is 4.14. The SMILES string of the molecule is O=C(NCC(c1ccc(Cl)cc1)N1CCCC1)c1n[nH]c2c1CCCC2. The van der Waals surface area contributed by atoms with Crippen molar-refractivity contribution >= 4 is 17.5 Å². The largest absolute Gasteiger partial charge is 0.349 e. The molecule has 0 saturated carbocycles. The highest BCUT2D eigenvalue weighted by atomic mass is 35.5. The maximum atomic E-state index is 12.7. The van der Waals surface area contributed by atoms with E-state index >= 15 is 0 Å². The molecular formula is C20H25ClN4O. The van der Waals surface area contributed by atoms with Crippen LogP contribution in [0.15, 0.2) is 24.3 Å². The Morgan fingerprint density at radius 2 is 1.88 bits per heavy atom. The van der Waals surface area contributed by atoms with Gasteiger partial charge in [-0.2, -0.15) is 5.10 Å². The van der Waals surface area contributed by atoms with E-state index in [1.165, 1.54) is 24.8 Å². The lowest BCUT2D eigenvalue weighted by Crippen LogP contribution is -2.37. The van der Waals surface area contributed by atoms with Crippen molar-refractivity contribution in [1.29, 1.82) is 0 Å². The standard InChI is InChI=1S/C20H25ClN4O/c21-15-9-7-14(8-10-15)18(25-11-3-4-12-25)13-22-20(26)19-16-5-1-2-6-17(16)23-24-19/h7-10,18H,1-6,11-13H2,(H,22,26)(H,23,24). The Morgan fingerprint density at radius 1 is 1.15 bits per heavy atom. The maximum absolute atomic E-state index is 12.7. The van der Waals surface area contributed by atoms with Crippen LogP contribution >= 0.6 is 11.6 Å². The lowest BCUT2D eigenvalue weighted by molar-refractivity contribution is 0.0932. The molecule has 1 aromatic carbocycles. The second-order valence-electron chi connectivity index (χ2n) is 7.26. The van der Waals surface area contributed by atoms with Crippen molar-refractivity contribution in [1.82, 2.24) is 20.4 Å². The van der Waals surface area contributed by atoms with Gasteiger partial charge < -0.3 is 5.32 Å². The summed E-state index contributed by atoms with van der Waals surface area (Å²) in [5, 5.41) is 11.2. The van der Waals surface area contributed by atoms with Crippen LogP contribution in [-0.4, -0.2) is 40.6 Å². The molecule has 0 spiro atoms. The first-order valence-electron chi connectivity index (χ1n) is 9.56. The van der Waals surface area contributed by atoms with E-state index in [9.17, 15) is 4.79 Å². The smallest absolute Gasteiger partial charge is 0.272 e. The van der Waals surface area contributed by atoms with Crippen molar-refractivity contribution in [3.05, 3.63) is 51.8 Å². The molecule has 1 aliphatic heterocycles. The quantitative estimate of drug-likeness (QED) is 0.844. The summed E-state index contributed by atoms with van der Waals surface area (Å²) in [5.41, 5.74) is 4.02. The fourth-order valence-corrected chi connectivity index (χ4v) is 4.26. The number of carbonyl (C=O) groups is 1. The number of benzene rings is 1. The lowest BCUT2D eigenvalue weighted by atomic mass is 9.95. The summed E-state index contributed by atoms with van der Waals surface area (Å²) in [5.74, 6) is -0.0671. The minimum atomic E-state index is -0.0671. The van der Waals surface area contributed by atoms with E-state index < -0.39 is 0 Å². The molecule has 2 aromatic rings. The minimum Gasteiger partial charge on any atom is -0.349 e. The number of hydrogen-bond acceptors (Lipinski definition) is 3. The van der Waals surface area contributed by atoms with Crippen molar-refractivity contribution in [2.24, 2.45) is 0 Å². The first-order chi connectivity index (χ1) is 12.7. The number of amides is 1. The Kier molecular flexibility index (Phi) is 5.27. The van der Waals surface area contributed by atoms with Crippen LogP contribution in [0.3, 0.4) is 0 Å². The van der Waals surface area contributed by atoms with Crippen molar-refractivity contribution in [3.63, 3.8) is 0 Å². The normalized spacial score (nSPS) is 18.5. The number of likely N-dealkylation sites (tertiary alicyclic amines) is 1. The molecule has 2 heterocycles. The molecule has 1 atom stereocenters. The molecule has 0 radical (unpaired) electrons. The minimum absolute atomic E-state index is 0.0671. The lowest BCUT2D eigenvalue weighted by Gasteiger charge is -2.28. The molecule has 1 fully saturated rings. The van der Waals surface area contributed by atoms with E-state index in [1.54, 1.807) is 0 Å². The monoisotopic (exact) mass is 372 g/mol. The summed E-state index contributed by atoms with van der Waals surface area (Å²) in [6.45, 7) is 2.73. The van der Waals surface area contributed by atoms with Crippen LogP contribution in [-0.2, 0) is 12.8 Å². The zero-order valence-electron chi connectivity index (χ0n) is 14.9. The van der Waals surface area contributed by atoms with Gasteiger partial charge in [0, 0.05) is 22.8 Å². The average Bonchev–Trinajstić information content (AvgIpc) is 3.33. The third-order valence-corrected chi connectivity index (χ3v) is 5.82. The van der Waals surface area contributed by atoms with Crippen LogP contribution in [0.25, 0.3) is 0 Å². The van der Waals surface area contributed by atoms with Gasteiger partial charge in [0.25, 0.3) is 5.91 Å². The van der Waals surface area contributed by atoms with Crippen LogP contribution in [0.1, 0.15) is 59.0 Å². The van der Waals surface area contributed by atoms with Gasteiger partial charge in [0.15, 0.2) is 5.69 Å². The summed E-state index contributed by atoms with van der Waals surface area (Å²) >= 11 is 6.04. The van der Waals surface area contributed by atoms with Crippen molar-refractivity contribution in [2.45, 2.75) is 44.6 Å². The molecular weight excluding hydrogens is 348 g/mol. The molecule has 1 unspecified atom stereocenters. The number of halogens is 1. The van der Waals surface area contributed by atoms with Crippen molar-refractivity contribution in [3.8, 4) is 0 Å². The highest BCUT2D eigenvalue weighted by molar-refractivity contribution is 6.30. The number of aromatic nitrogens is 2. The molecule has 5 nitrogen and oxygen atoms in total. The molecule has 1 amide bonds. The van der Waals surface area contributed by atoms with Crippen LogP contribution in [0, 0.1) is 0 Å². The van der Waals surface area contributed by atoms with E-state index in [2.05, 4.69) is 32.5 Å². The Hall–Kier alpha value is -1.85. The van der Waals surface area contributed by atoms with E-state index in [0.717, 1.165) is 48.6 Å². The average molecular weight is 373 g/mol. The second kappa shape index (κ2) is 7.80. The van der Waals surface area contributed by atoms with Gasteiger partial charge in [-0.25, -0.2) is 0 Å². The molecule has 1 saturated heterocycles. The molecule has 2 N–H and O–H groups in total. The molecule has 1 aliphatic carbocycles. The van der Waals surface area contributed by atoms with Gasteiger partial charge >= 0.3 is 0 Å². The predicted molar refractivity (Wildman–Crippen MR) is 103 cm³/mol. The molecule has 138 valence electrons. The molecule has 2 aliphatic rings. The molecule has 4 rings (SSSR count). The Labute approximate surface area is 159 Å². The summed E-state index contributed by atoms with van der Waals surface area (Å²) in [6, 6.07) is 8.15. The zero-order valence-corrected chi connectivity index (χ0v) is 15.7. The molecule has 1 aromatic heterocycles. The second-order valence-corrected chi connectivity index (χ2v) is 7.69. The van der Waals surface area contributed by atoms with E-state index in [1.807, 2.05) is 12.1 Å². The van der Waals surface area contributed by atoms with Gasteiger partial charge in [-0.15, -0.1) is 0 Å². The van der Waals surface area contributed by atoms with E-state index in [0.29, 0.717) is 12.2 Å². The number of rotatable bonds is 5. The number of aryl methyl sites for hydroxylation is 1. The first-order valence-corrected chi connectivity index (χ1v) is 9.94. The third kappa shape index (κ3) is 3.64. The number of hydrogen-bond donors (Lipinski definition) is 2. The number of carbonyl (C=O) groups excluding carboxylic acids is 1. The highest BCUT2D eigenvalue weighted by Crippen LogP contribution is 2.26. The van der Waals surface area contributed by atoms with Crippen LogP contribution in [0.5, 0.6) is 0 Å². The Morgan fingerprint density at radius 3 is 2.65 bits per heavy atom.